The number of nitriles is 1. The van der Waals surface area contributed by atoms with Gasteiger partial charge in [-0.05, 0) is 12.0 Å². The number of amides is 1. The van der Waals surface area contributed by atoms with E-state index in [2.05, 4.69) is 10.6 Å². The Morgan fingerprint density at radius 1 is 1.07 bits per heavy atom. The zero-order chi connectivity index (χ0) is 21.9. The van der Waals surface area contributed by atoms with Gasteiger partial charge < -0.3 is 24.8 Å². The highest BCUT2D eigenvalue weighted by Crippen LogP contribution is 2.33. The Bertz CT molecular complexity index is 965. The lowest BCUT2D eigenvalue weighted by molar-refractivity contribution is -0.117. The summed E-state index contributed by atoms with van der Waals surface area (Å²) in [5.41, 5.74) is 1.39. The van der Waals surface area contributed by atoms with Crippen LogP contribution in [0.25, 0.3) is 0 Å². The second-order valence-corrected chi connectivity index (χ2v) is 6.05. The maximum Gasteiger partial charge on any atom is 0.340 e. The number of benzene rings is 2. The molecule has 0 bridgehead atoms. The Hall–Kier alpha value is -3.99. The zero-order valence-corrected chi connectivity index (χ0v) is 17.0. The minimum absolute atomic E-state index is 0.145. The number of esters is 1. The molecule has 2 N–H and O–H groups in total. The minimum atomic E-state index is -0.613. The van der Waals surface area contributed by atoms with Crippen LogP contribution < -0.4 is 20.1 Å². The van der Waals surface area contributed by atoms with Gasteiger partial charge in [0.05, 0.1) is 32.6 Å². The van der Waals surface area contributed by atoms with Crippen molar-refractivity contribution in [3.8, 4) is 17.6 Å². The van der Waals surface area contributed by atoms with E-state index in [1.165, 1.54) is 39.7 Å². The molecule has 8 nitrogen and oxygen atoms in total. The molecule has 0 aliphatic carbocycles. The zero-order valence-electron chi connectivity index (χ0n) is 17.0. The topological polar surface area (TPSA) is 110 Å². The van der Waals surface area contributed by atoms with Crippen molar-refractivity contribution in [2.24, 2.45) is 0 Å². The molecule has 8 heteroatoms. The van der Waals surface area contributed by atoms with Crippen LogP contribution in [0.5, 0.6) is 11.5 Å². The SMILES string of the molecule is COC(=O)c1cc(OC)c(OC)cc1N/C=C(\C#N)C(=O)NCCc1ccccc1. The average molecular weight is 409 g/mol. The first-order valence-electron chi connectivity index (χ1n) is 9.07. The average Bonchev–Trinajstić information content (AvgIpc) is 2.79. The first kappa shape index (κ1) is 22.3. The number of nitrogens with one attached hydrogen (secondary N) is 2. The van der Waals surface area contributed by atoms with Crippen LogP contribution in [0, 0.1) is 11.3 Å². The number of hydrogen-bond acceptors (Lipinski definition) is 7. The van der Waals surface area contributed by atoms with Crippen molar-refractivity contribution in [2.45, 2.75) is 6.42 Å². The highest BCUT2D eigenvalue weighted by Gasteiger charge is 2.18. The summed E-state index contributed by atoms with van der Waals surface area (Å²) in [4.78, 5) is 24.4. The quantitative estimate of drug-likeness (QED) is 0.372. The summed E-state index contributed by atoms with van der Waals surface area (Å²) < 4.78 is 15.2. The number of methoxy groups -OCH3 is 3. The summed E-state index contributed by atoms with van der Waals surface area (Å²) in [7, 11) is 4.15. The highest BCUT2D eigenvalue weighted by molar-refractivity contribution is 5.99. The van der Waals surface area contributed by atoms with Crippen LogP contribution in [0.3, 0.4) is 0 Å². The third-order valence-corrected chi connectivity index (χ3v) is 4.21. The van der Waals surface area contributed by atoms with Crippen molar-refractivity contribution in [2.75, 3.05) is 33.2 Å². The van der Waals surface area contributed by atoms with Crippen LogP contribution in [0.1, 0.15) is 15.9 Å². The van der Waals surface area contributed by atoms with Crippen LogP contribution in [0.2, 0.25) is 0 Å². The highest BCUT2D eigenvalue weighted by atomic mass is 16.5. The number of carbonyl (C=O) groups is 2. The molecule has 0 fully saturated rings. The number of ether oxygens (including phenoxy) is 3. The molecule has 30 heavy (non-hydrogen) atoms. The van der Waals surface area contributed by atoms with Crippen molar-refractivity contribution in [3.63, 3.8) is 0 Å². The molecule has 0 saturated carbocycles. The van der Waals surface area contributed by atoms with Gasteiger partial charge in [-0.2, -0.15) is 5.26 Å². The normalized spacial score (nSPS) is 10.5. The fraction of sp³-hybridized carbons (Fsp3) is 0.227. The van der Waals surface area contributed by atoms with E-state index >= 15 is 0 Å². The molecule has 0 unspecified atom stereocenters. The molecule has 2 aromatic carbocycles. The number of carbonyl (C=O) groups excluding carboxylic acids is 2. The molecule has 2 aromatic rings. The van der Waals surface area contributed by atoms with Crippen molar-refractivity contribution >= 4 is 17.6 Å². The smallest absolute Gasteiger partial charge is 0.340 e. The molecular weight excluding hydrogens is 386 g/mol. The molecule has 0 aromatic heterocycles. The third kappa shape index (κ3) is 5.75. The third-order valence-electron chi connectivity index (χ3n) is 4.21. The summed E-state index contributed by atoms with van der Waals surface area (Å²) in [5.74, 6) is -0.433. The van der Waals surface area contributed by atoms with Gasteiger partial charge in [0.2, 0.25) is 0 Å². The molecule has 0 atom stereocenters. The fourth-order valence-electron chi connectivity index (χ4n) is 2.64. The van der Waals surface area contributed by atoms with Gasteiger partial charge in [0, 0.05) is 24.9 Å². The van der Waals surface area contributed by atoms with Gasteiger partial charge in [0.1, 0.15) is 11.6 Å². The van der Waals surface area contributed by atoms with Crippen LogP contribution in [0.4, 0.5) is 5.69 Å². The molecular formula is C22H23N3O5. The van der Waals surface area contributed by atoms with Crippen molar-refractivity contribution in [3.05, 3.63) is 65.4 Å². The molecule has 0 heterocycles. The van der Waals surface area contributed by atoms with E-state index in [9.17, 15) is 14.9 Å². The first-order chi connectivity index (χ1) is 14.5. The van der Waals surface area contributed by atoms with Crippen LogP contribution in [0.15, 0.2) is 54.2 Å². The van der Waals surface area contributed by atoms with Gasteiger partial charge in [0.15, 0.2) is 11.5 Å². The van der Waals surface area contributed by atoms with E-state index in [1.54, 1.807) is 0 Å². The number of rotatable bonds is 9. The Morgan fingerprint density at radius 2 is 1.73 bits per heavy atom. The van der Waals surface area contributed by atoms with Crippen molar-refractivity contribution < 1.29 is 23.8 Å². The van der Waals surface area contributed by atoms with Crippen LogP contribution in [-0.2, 0) is 16.0 Å². The van der Waals surface area contributed by atoms with Crippen LogP contribution in [-0.4, -0.2) is 39.8 Å². The van der Waals surface area contributed by atoms with E-state index < -0.39 is 11.9 Å². The van der Waals surface area contributed by atoms with E-state index in [0.29, 0.717) is 30.2 Å². The molecule has 156 valence electrons. The standard InChI is InChI=1S/C22H23N3O5/c1-28-19-11-17(22(27)30-3)18(12-20(19)29-2)25-14-16(13-23)21(26)24-10-9-15-7-5-4-6-8-15/h4-8,11-12,14,25H,9-10H2,1-3H3,(H,24,26)/b16-14+. The van der Waals surface area contributed by atoms with Crippen LogP contribution >= 0.6 is 0 Å². The van der Waals surface area contributed by atoms with Crippen molar-refractivity contribution in [1.82, 2.24) is 5.32 Å². The first-order valence-corrected chi connectivity index (χ1v) is 9.07. The monoisotopic (exact) mass is 409 g/mol. The Morgan fingerprint density at radius 3 is 2.33 bits per heavy atom. The molecule has 0 saturated heterocycles. The van der Waals surface area contributed by atoms with E-state index in [4.69, 9.17) is 14.2 Å². The predicted octanol–water partition coefficient (Wildman–Crippen LogP) is 2.67. The van der Waals surface area contributed by atoms with Crippen molar-refractivity contribution in [1.29, 1.82) is 5.26 Å². The van der Waals surface area contributed by atoms with Gasteiger partial charge in [0.25, 0.3) is 5.91 Å². The van der Waals surface area contributed by atoms with E-state index in [-0.39, 0.29) is 11.1 Å². The number of hydrogen-bond donors (Lipinski definition) is 2. The number of anilines is 1. The van der Waals surface area contributed by atoms with E-state index in [1.807, 2.05) is 36.4 Å². The summed E-state index contributed by atoms with van der Waals surface area (Å²) >= 11 is 0. The Kier molecular flexibility index (Phi) is 8.27. The van der Waals surface area contributed by atoms with Gasteiger partial charge in [-0.1, -0.05) is 30.3 Å². The second-order valence-electron chi connectivity index (χ2n) is 6.05. The summed E-state index contributed by atoms with van der Waals surface area (Å²) in [6, 6.07) is 14.5. The van der Waals surface area contributed by atoms with E-state index in [0.717, 1.165) is 5.56 Å². The second kappa shape index (κ2) is 11.1. The summed E-state index contributed by atoms with van der Waals surface area (Å²) in [6.07, 6.45) is 1.87. The molecule has 0 spiro atoms. The maximum absolute atomic E-state index is 12.3. The largest absolute Gasteiger partial charge is 0.493 e. The lowest BCUT2D eigenvalue weighted by Gasteiger charge is -2.14. The lowest BCUT2D eigenvalue weighted by Crippen LogP contribution is -2.27. The van der Waals surface area contributed by atoms with Gasteiger partial charge >= 0.3 is 5.97 Å². The molecule has 0 aliphatic heterocycles. The Labute approximate surface area is 175 Å². The fourth-order valence-corrected chi connectivity index (χ4v) is 2.64. The predicted molar refractivity (Wildman–Crippen MR) is 111 cm³/mol. The van der Waals surface area contributed by atoms with Gasteiger partial charge in [-0.15, -0.1) is 0 Å². The molecule has 0 radical (unpaired) electrons. The summed E-state index contributed by atoms with van der Waals surface area (Å²) in [5, 5.41) is 14.9. The van der Waals surface area contributed by atoms with Gasteiger partial charge in [-0.3, -0.25) is 4.79 Å². The molecule has 1 amide bonds. The van der Waals surface area contributed by atoms with Gasteiger partial charge in [-0.25, -0.2) is 4.79 Å². The maximum atomic E-state index is 12.3. The molecule has 2 rings (SSSR count). The molecule has 0 aliphatic rings. The minimum Gasteiger partial charge on any atom is -0.493 e. The Balaban J connectivity index is 2.15. The lowest BCUT2D eigenvalue weighted by atomic mass is 10.1. The number of nitrogens with zero attached hydrogens (tertiary/aromatic N) is 1. The summed E-state index contributed by atoms with van der Waals surface area (Å²) in [6.45, 7) is 0.381.